The lowest BCUT2D eigenvalue weighted by molar-refractivity contribution is 0.316. The van der Waals surface area contributed by atoms with Crippen molar-refractivity contribution >= 4 is 11.8 Å². The van der Waals surface area contributed by atoms with E-state index in [1.54, 1.807) is 5.56 Å². The van der Waals surface area contributed by atoms with Crippen LogP contribution in [-0.4, -0.2) is 18.3 Å². The van der Waals surface area contributed by atoms with E-state index in [4.69, 9.17) is 0 Å². The van der Waals surface area contributed by atoms with Gasteiger partial charge in [-0.1, -0.05) is 45.9 Å². The van der Waals surface area contributed by atoms with Crippen LogP contribution in [0.1, 0.15) is 45.6 Å². The maximum Gasteiger partial charge on any atom is 0.0107 e. The molecule has 1 aliphatic heterocycles. The van der Waals surface area contributed by atoms with E-state index >= 15 is 0 Å². The van der Waals surface area contributed by atoms with E-state index in [0.29, 0.717) is 6.04 Å². The van der Waals surface area contributed by atoms with Gasteiger partial charge < -0.3 is 5.32 Å². The van der Waals surface area contributed by atoms with Crippen LogP contribution in [0.25, 0.3) is 0 Å². The molecule has 2 heteroatoms. The van der Waals surface area contributed by atoms with Crippen LogP contribution >= 0.6 is 11.8 Å². The van der Waals surface area contributed by atoms with Crippen molar-refractivity contribution in [1.29, 1.82) is 0 Å². The largest absolute Gasteiger partial charge is 0.314 e. The van der Waals surface area contributed by atoms with Crippen LogP contribution in [0.2, 0.25) is 0 Å². The molecule has 0 amide bonds. The Kier molecular flexibility index (Phi) is 5.35. The normalized spacial score (nSPS) is 20.0. The fourth-order valence-corrected chi connectivity index (χ4v) is 4.04. The number of hydrogen-bond donors (Lipinski definition) is 1. The lowest BCUT2D eigenvalue weighted by Crippen LogP contribution is -2.32. The SMILES string of the molecule is CC(C)NCC(CC1CSc2ccccc21)C(C)C. The van der Waals surface area contributed by atoms with Crippen molar-refractivity contribution in [3.63, 3.8) is 0 Å². The van der Waals surface area contributed by atoms with Gasteiger partial charge >= 0.3 is 0 Å². The highest BCUT2D eigenvalue weighted by Crippen LogP contribution is 2.43. The fraction of sp³-hybridized carbons (Fsp3) is 0.647. The van der Waals surface area contributed by atoms with Gasteiger partial charge in [0.15, 0.2) is 0 Å². The van der Waals surface area contributed by atoms with Crippen LogP contribution in [0.15, 0.2) is 29.2 Å². The first-order valence-electron chi connectivity index (χ1n) is 7.53. The Balaban J connectivity index is 1.99. The second-order valence-corrected chi connectivity index (χ2v) is 7.41. The Bertz CT molecular complexity index is 400. The van der Waals surface area contributed by atoms with E-state index in [2.05, 4.69) is 57.3 Å². The molecule has 0 radical (unpaired) electrons. The van der Waals surface area contributed by atoms with Crippen LogP contribution < -0.4 is 5.32 Å². The van der Waals surface area contributed by atoms with Crippen molar-refractivity contribution in [2.24, 2.45) is 11.8 Å². The number of fused-ring (bicyclic) bond motifs is 1. The number of hydrogen-bond acceptors (Lipinski definition) is 2. The van der Waals surface area contributed by atoms with Gasteiger partial charge in [-0.05, 0) is 42.3 Å². The van der Waals surface area contributed by atoms with Gasteiger partial charge in [0.25, 0.3) is 0 Å². The molecular formula is C17H27NS. The third kappa shape index (κ3) is 4.00. The van der Waals surface area contributed by atoms with E-state index in [9.17, 15) is 0 Å². The number of benzene rings is 1. The zero-order chi connectivity index (χ0) is 13.8. The summed E-state index contributed by atoms with van der Waals surface area (Å²) >= 11 is 2.03. The van der Waals surface area contributed by atoms with Crippen LogP contribution in [0, 0.1) is 11.8 Å². The minimum absolute atomic E-state index is 0.589. The highest BCUT2D eigenvalue weighted by atomic mass is 32.2. The molecule has 0 aromatic heterocycles. The maximum atomic E-state index is 3.62. The van der Waals surface area contributed by atoms with Gasteiger partial charge in [0.2, 0.25) is 0 Å². The summed E-state index contributed by atoms with van der Waals surface area (Å²) < 4.78 is 0. The number of rotatable bonds is 6. The van der Waals surface area contributed by atoms with Crippen molar-refractivity contribution < 1.29 is 0 Å². The van der Waals surface area contributed by atoms with Gasteiger partial charge in [-0.25, -0.2) is 0 Å². The van der Waals surface area contributed by atoms with Gasteiger partial charge in [-0.2, -0.15) is 0 Å². The molecule has 2 rings (SSSR count). The van der Waals surface area contributed by atoms with Gasteiger partial charge in [0, 0.05) is 16.7 Å². The zero-order valence-corrected chi connectivity index (χ0v) is 13.5. The molecule has 1 aliphatic rings. The maximum absolute atomic E-state index is 3.62. The van der Waals surface area contributed by atoms with E-state index in [-0.39, 0.29) is 0 Å². The lowest BCUT2D eigenvalue weighted by atomic mass is 9.84. The van der Waals surface area contributed by atoms with Gasteiger partial charge in [0.05, 0.1) is 0 Å². The average Bonchev–Trinajstić information content (AvgIpc) is 2.77. The Morgan fingerprint density at radius 3 is 2.63 bits per heavy atom. The van der Waals surface area contributed by atoms with E-state index in [0.717, 1.165) is 24.3 Å². The third-order valence-corrected chi connectivity index (χ3v) is 5.37. The van der Waals surface area contributed by atoms with Crippen molar-refractivity contribution in [2.75, 3.05) is 12.3 Å². The highest BCUT2D eigenvalue weighted by Gasteiger charge is 2.26. The predicted molar refractivity (Wildman–Crippen MR) is 86.0 cm³/mol. The summed E-state index contributed by atoms with van der Waals surface area (Å²) in [5.74, 6) is 3.55. The summed E-state index contributed by atoms with van der Waals surface area (Å²) in [7, 11) is 0. The van der Waals surface area contributed by atoms with E-state index < -0.39 is 0 Å². The van der Waals surface area contributed by atoms with Crippen LogP contribution in [-0.2, 0) is 0 Å². The summed E-state index contributed by atoms with van der Waals surface area (Å²) in [5.41, 5.74) is 1.59. The average molecular weight is 277 g/mol. The molecule has 19 heavy (non-hydrogen) atoms. The Morgan fingerprint density at radius 1 is 1.21 bits per heavy atom. The topological polar surface area (TPSA) is 12.0 Å². The standard InChI is InChI=1S/C17H27NS/c1-12(2)14(10-18-13(3)4)9-15-11-19-17-8-6-5-7-16(15)17/h5-8,12-15,18H,9-11H2,1-4H3. The minimum Gasteiger partial charge on any atom is -0.314 e. The molecule has 1 N–H and O–H groups in total. The molecule has 0 aliphatic carbocycles. The van der Waals surface area contributed by atoms with Crippen LogP contribution in [0.3, 0.4) is 0 Å². The monoisotopic (exact) mass is 277 g/mol. The number of nitrogens with one attached hydrogen (secondary N) is 1. The van der Waals surface area contributed by atoms with Crippen LogP contribution in [0.4, 0.5) is 0 Å². The molecule has 1 heterocycles. The Morgan fingerprint density at radius 2 is 1.95 bits per heavy atom. The molecule has 2 atom stereocenters. The minimum atomic E-state index is 0.589. The molecule has 2 unspecified atom stereocenters. The van der Waals surface area contributed by atoms with Crippen molar-refractivity contribution in [1.82, 2.24) is 5.32 Å². The van der Waals surface area contributed by atoms with E-state index in [1.165, 1.54) is 17.1 Å². The van der Waals surface area contributed by atoms with Crippen molar-refractivity contribution in [3.05, 3.63) is 29.8 Å². The molecule has 1 aromatic rings. The quantitative estimate of drug-likeness (QED) is 0.819. The van der Waals surface area contributed by atoms with Crippen LogP contribution in [0.5, 0.6) is 0 Å². The first-order valence-corrected chi connectivity index (χ1v) is 8.51. The third-order valence-electron chi connectivity index (χ3n) is 4.12. The first kappa shape index (κ1) is 14.9. The van der Waals surface area contributed by atoms with Gasteiger partial charge in [-0.15, -0.1) is 11.8 Å². The molecule has 0 fully saturated rings. The molecule has 1 nitrogen and oxygen atoms in total. The second-order valence-electron chi connectivity index (χ2n) is 6.35. The van der Waals surface area contributed by atoms with Gasteiger partial charge in [0.1, 0.15) is 0 Å². The number of thioether (sulfide) groups is 1. The molecule has 0 spiro atoms. The Hall–Kier alpha value is -0.470. The summed E-state index contributed by atoms with van der Waals surface area (Å²) in [6.45, 7) is 10.3. The molecule has 0 saturated heterocycles. The lowest BCUT2D eigenvalue weighted by Gasteiger charge is -2.25. The molecule has 1 aromatic carbocycles. The van der Waals surface area contributed by atoms with Crippen molar-refractivity contribution in [3.8, 4) is 0 Å². The zero-order valence-electron chi connectivity index (χ0n) is 12.6. The summed E-state index contributed by atoms with van der Waals surface area (Å²) in [5, 5.41) is 3.62. The second kappa shape index (κ2) is 6.81. The summed E-state index contributed by atoms with van der Waals surface area (Å²) in [6.07, 6.45) is 1.32. The predicted octanol–water partition coefficient (Wildman–Crippen LogP) is 4.54. The molecule has 106 valence electrons. The summed E-state index contributed by atoms with van der Waals surface area (Å²) in [6, 6.07) is 9.54. The summed E-state index contributed by atoms with van der Waals surface area (Å²) in [4.78, 5) is 1.51. The Labute approximate surface area is 122 Å². The fourth-order valence-electron chi connectivity index (χ4n) is 2.77. The molecule has 0 saturated carbocycles. The van der Waals surface area contributed by atoms with Gasteiger partial charge in [-0.3, -0.25) is 0 Å². The smallest absolute Gasteiger partial charge is 0.0107 e. The highest BCUT2D eigenvalue weighted by molar-refractivity contribution is 7.99. The molecular weight excluding hydrogens is 250 g/mol. The van der Waals surface area contributed by atoms with Crippen molar-refractivity contribution in [2.45, 2.75) is 51.0 Å². The van der Waals surface area contributed by atoms with E-state index in [1.807, 2.05) is 11.8 Å². The first-order chi connectivity index (χ1) is 9.08. The molecule has 0 bridgehead atoms.